The number of hydrazine groups is 1. The van der Waals surface area contributed by atoms with Crippen LogP contribution in [-0.4, -0.2) is 54.8 Å². The molecule has 0 spiro atoms. The second-order valence-electron chi connectivity index (χ2n) is 7.11. The predicted octanol–water partition coefficient (Wildman–Crippen LogP) is -1.84. The van der Waals surface area contributed by atoms with Gasteiger partial charge in [0.05, 0.1) is 13.2 Å². The number of benzene rings is 1. The zero-order valence-electron chi connectivity index (χ0n) is 16.2. The molecule has 1 aliphatic heterocycles. The molecule has 2 aromatic rings. The maximum atomic E-state index is 12.3. The molecule has 11 heteroatoms. The number of hydrogen-bond acceptors (Lipinski definition) is 10. The molecule has 0 saturated carbocycles. The zero-order valence-corrected chi connectivity index (χ0v) is 16.2. The highest BCUT2D eigenvalue weighted by atomic mass is 16.6. The SMILES string of the molecule is N/C(=C\N(N)Cc1ccccc1)Cc1cn(C2OC(CO)C(O)C2O)c(=O)nc1N. The van der Waals surface area contributed by atoms with Crippen LogP contribution in [0.4, 0.5) is 5.82 Å². The lowest BCUT2D eigenvalue weighted by molar-refractivity contribution is -0.0550. The van der Waals surface area contributed by atoms with Crippen LogP contribution in [0, 0.1) is 0 Å². The van der Waals surface area contributed by atoms with Crippen LogP contribution in [0.25, 0.3) is 0 Å². The quantitative estimate of drug-likeness (QED) is 0.220. The molecule has 162 valence electrons. The van der Waals surface area contributed by atoms with Crippen LogP contribution in [0.3, 0.4) is 0 Å². The van der Waals surface area contributed by atoms with Gasteiger partial charge in [-0.25, -0.2) is 10.6 Å². The number of rotatable bonds is 7. The third-order valence-corrected chi connectivity index (χ3v) is 4.79. The van der Waals surface area contributed by atoms with Crippen LogP contribution in [0.1, 0.15) is 17.4 Å². The minimum Gasteiger partial charge on any atom is -0.401 e. The zero-order chi connectivity index (χ0) is 21.8. The second kappa shape index (κ2) is 9.24. The first-order chi connectivity index (χ1) is 14.3. The summed E-state index contributed by atoms with van der Waals surface area (Å²) in [7, 11) is 0. The van der Waals surface area contributed by atoms with Gasteiger partial charge < -0.3 is 36.5 Å². The van der Waals surface area contributed by atoms with Crippen LogP contribution < -0.4 is 23.0 Å². The minimum absolute atomic E-state index is 0.0222. The summed E-state index contributed by atoms with van der Waals surface area (Å²) in [5.74, 6) is 5.96. The highest BCUT2D eigenvalue weighted by Gasteiger charge is 2.43. The Morgan fingerprint density at radius 3 is 2.60 bits per heavy atom. The molecule has 3 rings (SSSR count). The smallest absolute Gasteiger partial charge is 0.351 e. The molecule has 0 bridgehead atoms. The van der Waals surface area contributed by atoms with Gasteiger partial charge in [0, 0.05) is 30.1 Å². The van der Waals surface area contributed by atoms with Crippen molar-refractivity contribution in [2.45, 2.75) is 37.5 Å². The molecule has 4 unspecified atom stereocenters. The number of nitrogens with two attached hydrogens (primary N) is 3. The van der Waals surface area contributed by atoms with Crippen LogP contribution in [0.2, 0.25) is 0 Å². The molecule has 1 saturated heterocycles. The van der Waals surface area contributed by atoms with Gasteiger partial charge in [-0.1, -0.05) is 30.3 Å². The summed E-state index contributed by atoms with van der Waals surface area (Å²) < 4.78 is 6.41. The van der Waals surface area contributed by atoms with Gasteiger partial charge in [0.2, 0.25) is 0 Å². The topological polar surface area (TPSA) is 186 Å². The van der Waals surface area contributed by atoms with E-state index in [1.54, 1.807) is 6.20 Å². The fourth-order valence-corrected chi connectivity index (χ4v) is 3.27. The number of aromatic nitrogens is 2. The Bertz CT molecular complexity index is 950. The fraction of sp³-hybridized carbons (Fsp3) is 0.368. The Hall–Kier alpha value is -2.96. The van der Waals surface area contributed by atoms with E-state index < -0.39 is 36.8 Å². The maximum absolute atomic E-state index is 12.3. The molecule has 1 aliphatic rings. The van der Waals surface area contributed by atoms with E-state index in [4.69, 9.17) is 22.0 Å². The summed E-state index contributed by atoms with van der Waals surface area (Å²) in [6.07, 6.45) is -1.95. The number of allylic oxidation sites excluding steroid dienone is 1. The molecule has 9 N–H and O–H groups in total. The number of nitrogen functional groups attached to an aromatic ring is 1. The lowest BCUT2D eigenvalue weighted by Crippen LogP contribution is -2.36. The molecule has 0 amide bonds. The average molecular weight is 418 g/mol. The molecule has 30 heavy (non-hydrogen) atoms. The monoisotopic (exact) mass is 418 g/mol. The molecule has 2 heterocycles. The summed E-state index contributed by atoms with van der Waals surface area (Å²) in [5, 5.41) is 30.8. The summed E-state index contributed by atoms with van der Waals surface area (Å²) in [6, 6.07) is 9.59. The normalized spacial score (nSPS) is 24.2. The molecule has 1 fully saturated rings. The Labute approximate surface area is 172 Å². The van der Waals surface area contributed by atoms with Gasteiger partial charge in [0.15, 0.2) is 6.23 Å². The number of nitrogens with zero attached hydrogens (tertiary/aromatic N) is 3. The van der Waals surface area contributed by atoms with Crippen LogP contribution in [0.5, 0.6) is 0 Å². The number of ether oxygens (including phenoxy) is 1. The van der Waals surface area contributed by atoms with E-state index in [1.165, 1.54) is 11.2 Å². The van der Waals surface area contributed by atoms with Crippen molar-refractivity contribution in [2.24, 2.45) is 11.6 Å². The summed E-state index contributed by atoms with van der Waals surface area (Å²) in [5.41, 5.74) is 13.0. The first-order valence-electron chi connectivity index (χ1n) is 9.31. The van der Waals surface area contributed by atoms with Crippen LogP contribution >= 0.6 is 0 Å². The summed E-state index contributed by atoms with van der Waals surface area (Å²) in [4.78, 5) is 16.0. The Morgan fingerprint density at radius 1 is 1.27 bits per heavy atom. The first-order valence-corrected chi connectivity index (χ1v) is 9.31. The van der Waals surface area contributed by atoms with E-state index in [0.717, 1.165) is 10.1 Å². The Morgan fingerprint density at radius 2 is 1.97 bits per heavy atom. The second-order valence-corrected chi connectivity index (χ2v) is 7.11. The van der Waals surface area contributed by atoms with Gasteiger partial charge in [-0.05, 0) is 5.56 Å². The van der Waals surface area contributed by atoms with E-state index in [0.29, 0.717) is 17.8 Å². The number of aliphatic hydroxyl groups excluding tert-OH is 3. The summed E-state index contributed by atoms with van der Waals surface area (Å²) >= 11 is 0. The third-order valence-electron chi connectivity index (χ3n) is 4.79. The standard InChI is InChI=1S/C19H26N6O5/c20-13(9-24(22)7-11-4-2-1-3-5-11)6-12-8-25(19(29)23-17(12)21)18-16(28)15(27)14(10-26)30-18/h1-5,8-9,14-16,18,26-28H,6-7,10,20,22H2,(H2,21,23,29)/b13-9-. The largest absolute Gasteiger partial charge is 0.401 e. The van der Waals surface area contributed by atoms with E-state index in [-0.39, 0.29) is 12.2 Å². The maximum Gasteiger partial charge on any atom is 0.351 e. The molecule has 11 nitrogen and oxygen atoms in total. The van der Waals surface area contributed by atoms with E-state index in [9.17, 15) is 20.1 Å². The van der Waals surface area contributed by atoms with Gasteiger partial charge in [-0.2, -0.15) is 4.98 Å². The molecule has 0 aliphatic carbocycles. The summed E-state index contributed by atoms with van der Waals surface area (Å²) in [6.45, 7) is -0.0700. The van der Waals surface area contributed by atoms with E-state index in [2.05, 4.69) is 4.98 Å². The van der Waals surface area contributed by atoms with Crippen LogP contribution in [-0.2, 0) is 17.7 Å². The van der Waals surface area contributed by atoms with Crippen molar-refractivity contribution < 1.29 is 20.1 Å². The number of anilines is 1. The van der Waals surface area contributed by atoms with E-state index in [1.807, 2.05) is 30.3 Å². The van der Waals surface area contributed by atoms with Gasteiger partial charge in [-0.15, -0.1) is 0 Å². The van der Waals surface area contributed by atoms with Gasteiger partial charge in [0.25, 0.3) is 0 Å². The van der Waals surface area contributed by atoms with Gasteiger partial charge in [0.1, 0.15) is 24.1 Å². The predicted molar refractivity (Wildman–Crippen MR) is 108 cm³/mol. The Balaban J connectivity index is 1.78. The Kier molecular flexibility index (Phi) is 6.70. The average Bonchev–Trinajstić information content (AvgIpc) is 2.99. The molecule has 4 atom stereocenters. The van der Waals surface area contributed by atoms with Gasteiger partial charge >= 0.3 is 5.69 Å². The van der Waals surface area contributed by atoms with Gasteiger partial charge in [-0.3, -0.25) is 4.57 Å². The van der Waals surface area contributed by atoms with Crippen molar-refractivity contribution in [2.75, 3.05) is 12.3 Å². The molecule has 1 aromatic heterocycles. The van der Waals surface area contributed by atoms with Crippen molar-refractivity contribution in [1.29, 1.82) is 0 Å². The van der Waals surface area contributed by atoms with E-state index >= 15 is 0 Å². The first kappa shape index (κ1) is 21.7. The fourth-order valence-electron chi connectivity index (χ4n) is 3.27. The molecular formula is C19H26N6O5. The van der Waals surface area contributed by atoms with Crippen molar-refractivity contribution in [1.82, 2.24) is 14.6 Å². The minimum atomic E-state index is -1.42. The van der Waals surface area contributed by atoms with Crippen molar-refractivity contribution in [3.8, 4) is 0 Å². The highest BCUT2D eigenvalue weighted by Crippen LogP contribution is 2.28. The third kappa shape index (κ3) is 4.78. The van der Waals surface area contributed by atoms with Crippen molar-refractivity contribution in [3.05, 3.63) is 70.0 Å². The molecular weight excluding hydrogens is 392 g/mol. The lowest BCUT2D eigenvalue weighted by atomic mass is 10.1. The lowest BCUT2D eigenvalue weighted by Gasteiger charge is -2.19. The highest BCUT2D eigenvalue weighted by molar-refractivity contribution is 5.39. The number of aliphatic hydroxyl groups is 3. The molecule has 0 radical (unpaired) electrons. The number of hydrogen-bond donors (Lipinski definition) is 6. The van der Waals surface area contributed by atoms with Crippen molar-refractivity contribution in [3.63, 3.8) is 0 Å². The molecule has 1 aromatic carbocycles. The van der Waals surface area contributed by atoms with Crippen molar-refractivity contribution >= 4 is 5.82 Å². The van der Waals surface area contributed by atoms with Crippen LogP contribution in [0.15, 0.2) is 53.2 Å².